The minimum atomic E-state index is -1.48. The molecule has 152 valence electrons. The molecule has 0 spiro atoms. The van der Waals surface area contributed by atoms with Crippen molar-refractivity contribution in [3.05, 3.63) is 0 Å². The number of Topliss-reactive ketones (excluding diaryl/α,β-unsaturated/α-hetero) is 2. The third-order valence-electron chi connectivity index (χ3n) is 3.58. The lowest BCUT2D eigenvalue weighted by Crippen LogP contribution is -2.44. The van der Waals surface area contributed by atoms with Crippen LogP contribution >= 0.6 is 0 Å². The predicted molar refractivity (Wildman–Crippen MR) is 88.0 cm³/mol. The number of amides is 2. The molecule has 0 rings (SSSR count). The van der Waals surface area contributed by atoms with Gasteiger partial charge in [0, 0.05) is 19.3 Å². The summed E-state index contributed by atoms with van der Waals surface area (Å²) in [4.78, 5) is 68.3. The molecule has 3 atom stereocenters. The van der Waals surface area contributed by atoms with E-state index in [1.54, 1.807) is 0 Å². The van der Waals surface area contributed by atoms with Gasteiger partial charge in [-0.2, -0.15) is 0 Å². The normalized spacial score (nSPS) is 13.9. The molecule has 0 unspecified atom stereocenters. The molecule has 0 aliphatic carbocycles. The van der Waals surface area contributed by atoms with Crippen molar-refractivity contribution in [1.29, 1.82) is 0 Å². The third kappa shape index (κ3) is 10.0. The van der Waals surface area contributed by atoms with Gasteiger partial charge in [0.05, 0.1) is 37.5 Å². The zero-order valence-electron chi connectivity index (χ0n) is 14.4. The number of nitrogens with one attached hydrogen (secondary N) is 1. The van der Waals surface area contributed by atoms with Crippen LogP contribution in [0.1, 0.15) is 25.7 Å². The van der Waals surface area contributed by atoms with E-state index in [-0.39, 0.29) is 0 Å². The monoisotopic (exact) mass is 389 g/mol. The Morgan fingerprint density at radius 3 is 1.89 bits per heavy atom. The Balaban J connectivity index is 4.93. The van der Waals surface area contributed by atoms with E-state index in [0.29, 0.717) is 0 Å². The molecule has 2 amide bonds. The van der Waals surface area contributed by atoms with Crippen LogP contribution in [0.2, 0.25) is 0 Å². The van der Waals surface area contributed by atoms with Crippen LogP contribution in [0.15, 0.2) is 0 Å². The van der Waals surface area contributed by atoms with Gasteiger partial charge in [-0.3, -0.25) is 28.8 Å². The van der Waals surface area contributed by atoms with E-state index < -0.39 is 92.0 Å². The molecule has 0 aliphatic rings. The molecule has 0 saturated carbocycles. The van der Waals surface area contributed by atoms with E-state index in [9.17, 15) is 28.8 Å². The molecule has 0 saturated heterocycles. The van der Waals surface area contributed by atoms with Gasteiger partial charge in [-0.1, -0.05) is 0 Å². The molecule has 0 aromatic heterocycles. The number of aliphatic carboxylic acids is 2. The van der Waals surface area contributed by atoms with Crippen LogP contribution in [0.4, 0.5) is 0 Å². The van der Waals surface area contributed by atoms with Crippen molar-refractivity contribution < 1.29 is 44.1 Å². The van der Waals surface area contributed by atoms with Crippen molar-refractivity contribution in [2.24, 2.45) is 23.3 Å². The Kier molecular flexibility index (Phi) is 10.5. The van der Waals surface area contributed by atoms with Crippen molar-refractivity contribution in [2.75, 3.05) is 13.2 Å². The summed E-state index contributed by atoms with van der Waals surface area (Å²) >= 11 is 0. The predicted octanol–water partition coefficient (Wildman–Crippen LogP) is -2.99. The van der Waals surface area contributed by atoms with E-state index in [1.807, 2.05) is 0 Å². The fraction of sp³-hybridized carbons (Fsp3) is 0.600. The van der Waals surface area contributed by atoms with Crippen molar-refractivity contribution >= 4 is 35.3 Å². The molecule has 0 aromatic carbocycles. The zero-order chi connectivity index (χ0) is 21.1. The van der Waals surface area contributed by atoms with Gasteiger partial charge in [-0.15, -0.1) is 0 Å². The second-order valence-corrected chi connectivity index (χ2v) is 5.92. The fourth-order valence-electron chi connectivity index (χ4n) is 2.14. The maximum absolute atomic E-state index is 12.1. The number of primary amides is 1. The highest BCUT2D eigenvalue weighted by atomic mass is 16.4. The zero-order valence-corrected chi connectivity index (χ0v) is 14.4. The number of carboxylic acids is 2. The van der Waals surface area contributed by atoms with Crippen LogP contribution in [0.3, 0.4) is 0 Å². The molecule has 0 heterocycles. The largest absolute Gasteiger partial charge is 0.481 e. The maximum atomic E-state index is 12.1. The average Bonchev–Trinajstić information content (AvgIpc) is 2.56. The molecular weight excluding hydrogens is 366 g/mol. The van der Waals surface area contributed by atoms with Gasteiger partial charge in [0.25, 0.3) is 0 Å². The van der Waals surface area contributed by atoms with Gasteiger partial charge in [-0.05, 0) is 0 Å². The first-order chi connectivity index (χ1) is 12.5. The van der Waals surface area contributed by atoms with Crippen LogP contribution in [-0.4, -0.2) is 69.8 Å². The van der Waals surface area contributed by atoms with Crippen molar-refractivity contribution in [3.8, 4) is 0 Å². The molecule has 0 aromatic rings. The Labute approximate surface area is 153 Å². The van der Waals surface area contributed by atoms with E-state index in [0.717, 1.165) is 0 Å². The number of ketones is 2. The Morgan fingerprint density at radius 1 is 0.889 bits per heavy atom. The quantitative estimate of drug-likeness (QED) is 0.176. The number of hydrogen-bond donors (Lipinski definition) is 6. The summed E-state index contributed by atoms with van der Waals surface area (Å²) in [6.07, 6.45) is -2.51. The van der Waals surface area contributed by atoms with E-state index in [1.165, 1.54) is 0 Å². The van der Waals surface area contributed by atoms with Crippen LogP contribution in [0.5, 0.6) is 0 Å². The summed E-state index contributed by atoms with van der Waals surface area (Å²) in [6, 6.07) is -1.20. The number of carbonyl (C=O) groups is 6. The van der Waals surface area contributed by atoms with Crippen molar-refractivity contribution in [3.63, 3.8) is 0 Å². The van der Waals surface area contributed by atoms with E-state index in [2.05, 4.69) is 5.32 Å². The Morgan fingerprint density at radius 2 is 1.44 bits per heavy atom. The summed E-state index contributed by atoms with van der Waals surface area (Å²) in [5.74, 6) is -8.80. The lowest BCUT2D eigenvalue weighted by molar-refractivity contribution is -0.149. The standard InChI is InChI=1S/C15H23N3O9/c16-10(6-19)11(21)5-18-14(25)7(3-12(17)22)1-9(20)2-8(15(26)27)4-13(23)24/h7-8,10,19H,1-6,16H2,(H2,17,22)(H,18,25)(H,23,24)(H,26,27)/t7-,8-,10-/m0/s1. The summed E-state index contributed by atoms with van der Waals surface area (Å²) in [5.41, 5.74) is 10.3. The smallest absolute Gasteiger partial charge is 0.307 e. The van der Waals surface area contributed by atoms with Gasteiger partial charge in [0.15, 0.2) is 5.78 Å². The van der Waals surface area contributed by atoms with E-state index >= 15 is 0 Å². The highest BCUT2D eigenvalue weighted by molar-refractivity contribution is 5.94. The molecule has 12 nitrogen and oxygen atoms in total. The van der Waals surface area contributed by atoms with Gasteiger partial charge in [0.2, 0.25) is 11.8 Å². The number of hydrogen-bond acceptors (Lipinski definition) is 8. The summed E-state index contributed by atoms with van der Waals surface area (Å²) < 4.78 is 0. The minimum absolute atomic E-state index is 0.533. The van der Waals surface area contributed by atoms with Crippen molar-refractivity contribution in [1.82, 2.24) is 5.32 Å². The second-order valence-electron chi connectivity index (χ2n) is 5.92. The number of nitrogens with two attached hydrogens (primary N) is 2. The topological polar surface area (TPSA) is 227 Å². The molecule has 0 bridgehead atoms. The molecule has 12 heteroatoms. The summed E-state index contributed by atoms with van der Waals surface area (Å²) in [6.45, 7) is -1.17. The first-order valence-corrected chi connectivity index (χ1v) is 7.89. The lowest BCUT2D eigenvalue weighted by atomic mass is 9.91. The first-order valence-electron chi connectivity index (χ1n) is 7.89. The summed E-state index contributed by atoms with van der Waals surface area (Å²) in [5, 5.41) is 28.5. The fourth-order valence-corrected chi connectivity index (χ4v) is 2.14. The van der Waals surface area contributed by atoms with Gasteiger partial charge < -0.3 is 32.1 Å². The second kappa shape index (κ2) is 11.7. The van der Waals surface area contributed by atoms with Crippen LogP contribution in [-0.2, 0) is 28.8 Å². The first kappa shape index (κ1) is 24.1. The van der Waals surface area contributed by atoms with E-state index in [4.69, 9.17) is 26.8 Å². The van der Waals surface area contributed by atoms with Crippen LogP contribution < -0.4 is 16.8 Å². The molecule has 0 aliphatic heterocycles. The van der Waals surface area contributed by atoms with Gasteiger partial charge in [-0.25, -0.2) is 0 Å². The van der Waals surface area contributed by atoms with Gasteiger partial charge >= 0.3 is 11.9 Å². The Bertz CT molecular complexity index is 605. The molecule has 0 radical (unpaired) electrons. The third-order valence-corrected chi connectivity index (χ3v) is 3.58. The number of carbonyl (C=O) groups excluding carboxylic acids is 4. The van der Waals surface area contributed by atoms with Crippen LogP contribution in [0, 0.1) is 11.8 Å². The number of rotatable bonds is 14. The van der Waals surface area contributed by atoms with Crippen LogP contribution in [0.25, 0.3) is 0 Å². The molecular formula is C15H23N3O9. The minimum Gasteiger partial charge on any atom is -0.481 e. The number of aliphatic hydroxyl groups excluding tert-OH is 1. The number of aliphatic hydroxyl groups is 1. The van der Waals surface area contributed by atoms with Gasteiger partial charge in [0.1, 0.15) is 5.78 Å². The average molecular weight is 389 g/mol. The molecule has 27 heavy (non-hydrogen) atoms. The molecule has 8 N–H and O–H groups in total. The van der Waals surface area contributed by atoms with Crippen molar-refractivity contribution in [2.45, 2.75) is 31.7 Å². The Hall–Kier alpha value is -2.86. The number of carboxylic acid groups (broad SMARTS) is 2. The summed E-state index contributed by atoms with van der Waals surface area (Å²) in [7, 11) is 0. The highest BCUT2D eigenvalue weighted by Gasteiger charge is 2.29. The molecule has 0 fully saturated rings. The SMILES string of the molecule is NC(=O)C[C@H](CC(=O)C[C@@H](CC(=O)O)C(=O)O)C(=O)NCC(=O)[C@@H](N)CO. The maximum Gasteiger partial charge on any atom is 0.307 e. The highest BCUT2D eigenvalue weighted by Crippen LogP contribution is 2.16. The lowest BCUT2D eigenvalue weighted by Gasteiger charge is -2.16.